The van der Waals surface area contributed by atoms with Gasteiger partial charge in [-0.3, -0.25) is 0 Å². The second-order valence-corrected chi connectivity index (χ2v) is 7.20. The molecule has 0 bridgehead atoms. The third-order valence-corrected chi connectivity index (χ3v) is 4.53. The number of rotatable bonds is 6. The molecular weight excluding hydrogens is 300 g/mol. The third kappa shape index (κ3) is 3.51. The molecule has 0 saturated heterocycles. The number of benzene rings is 1. The second-order valence-electron chi connectivity index (χ2n) is 6.28. The molecule has 0 aliphatic heterocycles. The van der Waals surface area contributed by atoms with Crippen LogP contribution in [0.5, 0.6) is 0 Å². The van der Waals surface area contributed by atoms with Crippen molar-refractivity contribution in [3.05, 3.63) is 28.2 Å². The van der Waals surface area contributed by atoms with Crippen molar-refractivity contribution in [3.8, 4) is 0 Å². The van der Waals surface area contributed by atoms with Crippen LogP contribution in [0.15, 0.2) is 22.7 Å². The number of anilines is 1. The van der Waals surface area contributed by atoms with E-state index in [1.807, 2.05) is 0 Å². The van der Waals surface area contributed by atoms with Gasteiger partial charge in [-0.1, -0.05) is 15.9 Å². The predicted molar refractivity (Wildman–Crippen MR) is 84.6 cm³/mol. The normalized spacial score (nSPS) is 20.4. The fourth-order valence-corrected chi connectivity index (χ4v) is 3.16. The highest BCUT2D eigenvalue weighted by Gasteiger charge is 2.34. The van der Waals surface area contributed by atoms with Crippen LogP contribution in [0.3, 0.4) is 0 Å². The van der Waals surface area contributed by atoms with Crippen LogP contribution in [0.4, 0.5) is 5.69 Å². The molecule has 2 fully saturated rings. The Balaban J connectivity index is 1.86. The van der Waals surface area contributed by atoms with Crippen molar-refractivity contribution in [1.82, 2.24) is 0 Å². The van der Waals surface area contributed by atoms with Crippen molar-refractivity contribution in [2.45, 2.75) is 51.1 Å². The second kappa shape index (κ2) is 5.45. The van der Waals surface area contributed by atoms with Gasteiger partial charge in [-0.15, -0.1) is 0 Å². The Labute approximate surface area is 124 Å². The van der Waals surface area contributed by atoms with Crippen LogP contribution in [-0.4, -0.2) is 18.6 Å². The van der Waals surface area contributed by atoms with Gasteiger partial charge in [0, 0.05) is 28.8 Å². The molecule has 0 spiro atoms. The maximum Gasteiger partial charge on any atom is 0.0402 e. The third-order valence-electron chi connectivity index (χ3n) is 4.03. The summed E-state index contributed by atoms with van der Waals surface area (Å²) in [6.07, 6.45) is 6.52. The van der Waals surface area contributed by atoms with Gasteiger partial charge in [0.15, 0.2) is 0 Å². The zero-order valence-electron chi connectivity index (χ0n) is 11.6. The Kier molecular flexibility index (Phi) is 3.86. The summed E-state index contributed by atoms with van der Waals surface area (Å²) in [5.74, 6) is 0.937. The van der Waals surface area contributed by atoms with Crippen molar-refractivity contribution >= 4 is 21.6 Å². The lowest BCUT2D eigenvalue weighted by Crippen LogP contribution is -2.30. The van der Waals surface area contributed by atoms with Crippen LogP contribution in [0, 0.1) is 5.92 Å². The lowest BCUT2D eigenvalue weighted by Gasteiger charge is -2.28. The van der Waals surface area contributed by atoms with Gasteiger partial charge < -0.3 is 10.6 Å². The van der Waals surface area contributed by atoms with Crippen LogP contribution in [0.1, 0.15) is 38.2 Å². The Hall–Kier alpha value is -0.540. The lowest BCUT2D eigenvalue weighted by molar-refractivity contribution is 0.699. The summed E-state index contributed by atoms with van der Waals surface area (Å²) in [5, 5.41) is 0. The maximum absolute atomic E-state index is 6.02. The van der Waals surface area contributed by atoms with Gasteiger partial charge in [-0.25, -0.2) is 0 Å². The number of hydrogen-bond donors (Lipinski definition) is 1. The van der Waals surface area contributed by atoms with E-state index in [1.54, 1.807) is 0 Å². The molecule has 0 radical (unpaired) electrons. The average Bonchev–Trinajstić information content (AvgIpc) is 3.21. The van der Waals surface area contributed by atoms with Gasteiger partial charge in [0.25, 0.3) is 0 Å². The first kappa shape index (κ1) is 13.4. The zero-order valence-corrected chi connectivity index (χ0v) is 13.2. The fraction of sp³-hybridized carbons (Fsp3) is 0.625. The largest absolute Gasteiger partial charge is 0.368 e. The van der Waals surface area contributed by atoms with E-state index >= 15 is 0 Å². The number of hydrogen-bond acceptors (Lipinski definition) is 2. The first-order chi connectivity index (χ1) is 9.13. The molecule has 0 amide bonds. The van der Waals surface area contributed by atoms with E-state index < -0.39 is 0 Å². The van der Waals surface area contributed by atoms with Crippen molar-refractivity contribution < 1.29 is 0 Å². The van der Waals surface area contributed by atoms with Gasteiger partial charge >= 0.3 is 0 Å². The molecule has 19 heavy (non-hydrogen) atoms. The van der Waals surface area contributed by atoms with Crippen molar-refractivity contribution in [3.63, 3.8) is 0 Å². The highest BCUT2D eigenvalue weighted by Crippen LogP contribution is 2.39. The topological polar surface area (TPSA) is 29.3 Å². The molecule has 2 N–H and O–H groups in total. The molecule has 2 nitrogen and oxygen atoms in total. The highest BCUT2D eigenvalue weighted by atomic mass is 79.9. The lowest BCUT2D eigenvalue weighted by atomic mass is 10.0. The molecule has 3 heteroatoms. The summed E-state index contributed by atoms with van der Waals surface area (Å²) < 4.78 is 1.16. The quantitative estimate of drug-likeness (QED) is 0.864. The molecule has 2 saturated carbocycles. The fourth-order valence-electron chi connectivity index (χ4n) is 2.75. The molecular formula is C16H23BrN2. The molecule has 1 unspecified atom stereocenters. The van der Waals surface area contributed by atoms with Gasteiger partial charge in [0.1, 0.15) is 0 Å². The van der Waals surface area contributed by atoms with E-state index in [2.05, 4.69) is 46.0 Å². The van der Waals surface area contributed by atoms with Crippen LogP contribution >= 0.6 is 15.9 Å². The van der Waals surface area contributed by atoms with Crippen molar-refractivity contribution in [2.24, 2.45) is 11.7 Å². The average molecular weight is 323 g/mol. The molecule has 3 rings (SSSR count). The summed E-state index contributed by atoms with van der Waals surface area (Å²) in [6.45, 7) is 3.34. The first-order valence-corrected chi connectivity index (χ1v) is 8.23. The maximum atomic E-state index is 6.02. The van der Waals surface area contributed by atoms with Gasteiger partial charge in [0.2, 0.25) is 0 Å². The molecule has 0 aromatic heterocycles. The van der Waals surface area contributed by atoms with E-state index in [0.29, 0.717) is 0 Å². The minimum absolute atomic E-state index is 0.218. The van der Waals surface area contributed by atoms with Crippen molar-refractivity contribution in [1.29, 1.82) is 0 Å². The number of halogens is 1. The van der Waals surface area contributed by atoms with Crippen molar-refractivity contribution in [2.75, 3.05) is 11.4 Å². The Morgan fingerprint density at radius 2 is 2.05 bits per heavy atom. The monoisotopic (exact) mass is 322 g/mol. The summed E-state index contributed by atoms with van der Waals surface area (Å²) >= 11 is 3.59. The first-order valence-electron chi connectivity index (χ1n) is 7.44. The van der Waals surface area contributed by atoms with E-state index in [9.17, 15) is 0 Å². The number of nitrogens with two attached hydrogens (primary N) is 1. The Morgan fingerprint density at radius 3 is 2.63 bits per heavy atom. The molecule has 1 aromatic carbocycles. The van der Waals surface area contributed by atoms with Gasteiger partial charge in [-0.05, 0) is 68.7 Å². The summed E-state index contributed by atoms with van der Waals surface area (Å²) in [5.41, 5.74) is 8.84. The van der Waals surface area contributed by atoms with E-state index in [1.165, 1.54) is 43.5 Å². The minimum atomic E-state index is 0.218. The highest BCUT2D eigenvalue weighted by molar-refractivity contribution is 9.10. The molecule has 1 atom stereocenters. The SMILES string of the molecule is CC(N)Cc1cc(Br)ccc1N(CC1CC1)C1CC1. The smallest absolute Gasteiger partial charge is 0.0402 e. The Morgan fingerprint density at radius 1 is 1.32 bits per heavy atom. The summed E-state index contributed by atoms with van der Waals surface area (Å²) in [6, 6.07) is 7.70. The van der Waals surface area contributed by atoms with E-state index in [4.69, 9.17) is 5.73 Å². The van der Waals surface area contributed by atoms with Crippen LogP contribution in [-0.2, 0) is 6.42 Å². The standard InChI is InChI=1S/C16H23BrN2/c1-11(18)8-13-9-14(17)4-7-16(13)19(15-5-6-15)10-12-2-3-12/h4,7,9,11-12,15H,2-3,5-6,8,10,18H2,1H3. The van der Waals surface area contributed by atoms with Gasteiger partial charge in [0.05, 0.1) is 0 Å². The van der Waals surface area contributed by atoms with Crippen LogP contribution in [0.2, 0.25) is 0 Å². The molecule has 1 aromatic rings. The molecule has 2 aliphatic rings. The summed E-state index contributed by atoms with van der Waals surface area (Å²) in [7, 11) is 0. The van der Waals surface area contributed by atoms with Gasteiger partial charge in [-0.2, -0.15) is 0 Å². The van der Waals surface area contributed by atoms with E-state index in [0.717, 1.165) is 22.9 Å². The zero-order chi connectivity index (χ0) is 13.4. The molecule has 0 heterocycles. The molecule has 2 aliphatic carbocycles. The minimum Gasteiger partial charge on any atom is -0.368 e. The molecule has 104 valence electrons. The predicted octanol–water partition coefficient (Wildman–Crippen LogP) is 3.72. The Bertz CT molecular complexity index is 450. The van der Waals surface area contributed by atoms with Crippen LogP contribution < -0.4 is 10.6 Å². The van der Waals surface area contributed by atoms with E-state index in [-0.39, 0.29) is 6.04 Å². The van der Waals surface area contributed by atoms with Crippen LogP contribution in [0.25, 0.3) is 0 Å². The number of nitrogens with zero attached hydrogens (tertiary/aromatic N) is 1. The summed E-state index contributed by atoms with van der Waals surface area (Å²) in [4.78, 5) is 2.65.